The molecule has 0 spiro atoms. The summed E-state index contributed by atoms with van der Waals surface area (Å²) in [6, 6.07) is 11.6. The van der Waals surface area contributed by atoms with Crippen molar-refractivity contribution >= 4 is 5.69 Å². The monoisotopic (exact) mass is 293 g/mol. The highest BCUT2D eigenvalue weighted by Gasteiger charge is 2.39. The molecule has 0 radical (unpaired) electrons. The minimum atomic E-state index is -0.112. The van der Waals surface area contributed by atoms with Gasteiger partial charge < -0.3 is 5.32 Å². The first-order chi connectivity index (χ1) is 10.7. The van der Waals surface area contributed by atoms with Crippen molar-refractivity contribution in [1.29, 1.82) is 0 Å². The van der Waals surface area contributed by atoms with Gasteiger partial charge in [-0.3, -0.25) is 0 Å². The van der Waals surface area contributed by atoms with Gasteiger partial charge in [0, 0.05) is 17.2 Å². The van der Waals surface area contributed by atoms with Crippen LogP contribution in [0.4, 0.5) is 10.1 Å². The lowest BCUT2D eigenvalue weighted by Gasteiger charge is -2.38. The van der Waals surface area contributed by atoms with Crippen molar-refractivity contribution in [2.45, 2.75) is 32.2 Å². The van der Waals surface area contributed by atoms with Crippen LogP contribution in [0.3, 0.4) is 0 Å². The molecule has 1 nitrogen and oxygen atoms in total. The van der Waals surface area contributed by atoms with Crippen molar-refractivity contribution in [3.8, 4) is 0 Å². The maximum Gasteiger partial charge on any atom is 0.128 e. The molecule has 0 unspecified atom stereocenters. The van der Waals surface area contributed by atoms with E-state index >= 15 is 0 Å². The molecule has 0 fully saturated rings. The Bertz CT molecular complexity index is 762. The van der Waals surface area contributed by atoms with Crippen LogP contribution in [0.15, 0.2) is 48.6 Å². The van der Waals surface area contributed by atoms with Crippen LogP contribution in [-0.2, 0) is 0 Å². The summed E-state index contributed by atoms with van der Waals surface area (Å²) < 4.78 is 14.3. The fraction of sp³-hybridized carbons (Fsp3) is 0.300. The minimum absolute atomic E-state index is 0.0363. The number of allylic oxidation sites excluding steroid dienone is 2. The molecule has 1 N–H and O–H groups in total. The fourth-order valence-corrected chi connectivity index (χ4v) is 3.95. The normalized spacial score (nSPS) is 25.5. The predicted octanol–water partition coefficient (Wildman–Crippen LogP) is 5.27. The SMILES string of the molecule is Cc1ccc2c(c1C)N[C@H](c1ccccc1F)[C@@H]1CC=C[C@H]21. The molecule has 112 valence electrons. The molecule has 0 amide bonds. The Labute approximate surface area is 130 Å². The van der Waals surface area contributed by atoms with E-state index in [1.54, 1.807) is 12.1 Å². The molecule has 0 saturated carbocycles. The van der Waals surface area contributed by atoms with Crippen LogP contribution in [0.25, 0.3) is 0 Å². The second-order valence-electron chi connectivity index (χ2n) is 6.47. The first-order valence-electron chi connectivity index (χ1n) is 7.94. The number of benzene rings is 2. The fourth-order valence-electron chi connectivity index (χ4n) is 3.95. The third-order valence-corrected chi connectivity index (χ3v) is 5.31. The maximum absolute atomic E-state index is 14.3. The van der Waals surface area contributed by atoms with E-state index in [1.165, 1.54) is 22.4 Å². The van der Waals surface area contributed by atoms with Crippen LogP contribution in [0.1, 0.15) is 40.6 Å². The van der Waals surface area contributed by atoms with Gasteiger partial charge in [-0.2, -0.15) is 0 Å². The van der Waals surface area contributed by atoms with Gasteiger partial charge in [-0.15, -0.1) is 0 Å². The molecule has 2 aliphatic rings. The van der Waals surface area contributed by atoms with Crippen molar-refractivity contribution in [3.63, 3.8) is 0 Å². The zero-order valence-corrected chi connectivity index (χ0v) is 12.9. The number of hydrogen-bond acceptors (Lipinski definition) is 1. The Balaban J connectivity index is 1.87. The molecule has 2 aromatic carbocycles. The Morgan fingerprint density at radius 2 is 1.86 bits per heavy atom. The van der Waals surface area contributed by atoms with Crippen molar-refractivity contribution < 1.29 is 4.39 Å². The van der Waals surface area contributed by atoms with Crippen LogP contribution in [-0.4, -0.2) is 0 Å². The van der Waals surface area contributed by atoms with Gasteiger partial charge in [-0.25, -0.2) is 4.39 Å². The summed E-state index contributed by atoms with van der Waals surface area (Å²) in [5.74, 6) is 0.672. The molecular weight excluding hydrogens is 273 g/mol. The maximum atomic E-state index is 14.3. The average Bonchev–Trinajstić information content (AvgIpc) is 3.00. The number of anilines is 1. The summed E-state index contributed by atoms with van der Waals surface area (Å²) in [5, 5.41) is 3.65. The summed E-state index contributed by atoms with van der Waals surface area (Å²) in [7, 11) is 0. The quantitative estimate of drug-likeness (QED) is 0.706. The van der Waals surface area contributed by atoms with Crippen molar-refractivity contribution in [2.24, 2.45) is 5.92 Å². The van der Waals surface area contributed by atoms with E-state index in [4.69, 9.17) is 0 Å². The van der Waals surface area contributed by atoms with E-state index in [0.29, 0.717) is 11.8 Å². The summed E-state index contributed by atoms with van der Waals surface area (Å²) in [4.78, 5) is 0. The topological polar surface area (TPSA) is 12.0 Å². The largest absolute Gasteiger partial charge is 0.377 e. The third kappa shape index (κ3) is 1.90. The number of aryl methyl sites for hydroxylation is 1. The van der Waals surface area contributed by atoms with Gasteiger partial charge in [0.25, 0.3) is 0 Å². The predicted molar refractivity (Wildman–Crippen MR) is 88.7 cm³/mol. The molecule has 0 bridgehead atoms. The van der Waals surface area contributed by atoms with Crippen LogP contribution in [0.5, 0.6) is 0 Å². The van der Waals surface area contributed by atoms with Gasteiger partial charge in [0.05, 0.1) is 6.04 Å². The average molecular weight is 293 g/mol. The van der Waals surface area contributed by atoms with E-state index < -0.39 is 0 Å². The Morgan fingerprint density at radius 1 is 1.05 bits per heavy atom. The van der Waals surface area contributed by atoms with E-state index in [0.717, 1.165) is 12.0 Å². The van der Waals surface area contributed by atoms with Crippen molar-refractivity contribution in [1.82, 2.24) is 0 Å². The first kappa shape index (κ1) is 13.6. The number of rotatable bonds is 1. The smallest absolute Gasteiger partial charge is 0.128 e. The van der Waals surface area contributed by atoms with Gasteiger partial charge in [0.1, 0.15) is 5.82 Å². The molecule has 2 aromatic rings. The summed E-state index contributed by atoms with van der Waals surface area (Å²) in [6.07, 6.45) is 5.55. The standard InChI is InChI=1S/C20H20FN/c1-12-10-11-16-14-7-5-8-15(14)20(22-19(16)13(12)2)17-6-3-4-9-18(17)21/h3-7,9-11,14-15,20,22H,8H2,1-2H3/t14-,15+,20-/m0/s1. The highest BCUT2D eigenvalue weighted by Crippen LogP contribution is 2.51. The summed E-state index contributed by atoms with van der Waals surface area (Å²) >= 11 is 0. The molecule has 1 aliphatic heterocycles. The zero-order valence-electron chi connectivity index (χ0n) is 12.9. The second-order valence-corrected chi connectivity index (χ2v) is 6.47. The van der Waals surface area contributed by atoms with E-state index in [-0.39, 0.29) is 11.9 Å². The Morgan fingerprint density at radius 3 is 2.68 bits per heavy atom. The van der Waals surface area contributed by atoms with Crippen molar-refractivity contribution in [3.05, 3.63) is 76.6 Å². The zero-order chi connectivity index (χ0) is 15.3. The summed E-state index contributed by atoms with van der Waals surface area (Å²) in [6.45, 7) is 4.28. The van der Waals surface area contributed by atoms with Gasteiger partial charge in [0.15, 0.2) is 0 Å². The van der Waals surface area contributed by atoms with Crippen LogP contribution >= 0.6 is 0 Å². The lowest BCUT2D eigenvalue weighted by Crippen LogP contribution is -2.30. The number of halogens is 1. The molecule has 1 heterocycles. The Kier molecular flexibility index (Phi) is 3.07. The highest BCUT2D eigenvalue weighted by molar-refractivity contribution is 5.65. The van der Waals surface area contributed by atoms with Gasteiger partial charge in [-0.05, 0) is 48.9 Å². The molecule has 4 rings (SSSR count). The van der Waals surface area contributed by atoms with Crippen LogP contribution in [0, 0.1) is 25.6 Å². The van der Waals surface area contributed by atoms with Gasteiger partial charge >= 0.3 is 0 Å². The Hall–Kier alpha value is -2.09. The number of nitrogens with one attached hydrogen (secondary N) is 1. The molecule has 0 saturated heterocycles. The molecule has 22 heavy (non-hydrogen) atoms. The number of hydrogen-bond donors (Lipinski definition) is 1. The molecular formula is C20H20FN. The van der Waals surface area contributed by atoms with Gasteiger partial charge in [0.2, 0.25) is 0 Å². The number of fused-ring (bicyclic) bond motifs is 3. The van der Waals surface area contributed by atoms with E-state index in [2.05, 4.69) is 43.4 Å². The van der Waals surface area contributed by atoms with Crippen LogP contribution < -0.4 is 5.32 Å². The van der Waals surface area contributed by atoms with Gasteiger partial charge in [-0.1, -0.05) is 42.5 Å². The minimum Gasteiger partial charge on any atom is -0.377 e. The second kappa shape index (κ2) is 4.98. The lowest BCUT2D eigenvalue weighted by atomic mass is 9.76. The first-order valence-corrected chi connectivity index (χ1v) is 7.94. The molecule has 0 aromatic heterocycles. The highest BCUT2D eigenvalue weighted by atomic mass is 19.1. The lowest BCUT2D eigenvalue weighted by molar-refractivity contribution is 0.413. The molecule has 3 atom stereocenters. The molecule has 2 heteroatoms. The van der Waals surface area contributed by atoms with Crippen molar-refractivity contribution in [2.75, 3.05) is 5.32 Å². The van der Waals surface area contributed by atoms with E-state index in [1.807, 2.05) is 12.1 Å². The third-order valence-electron chi connectivity index (χ3n) is 5.31. The van der Waals surface area contributed by atoms with E-state index in [9.17, 15) is 4.39 Å². The van der Waals surface area contributed by atoms with Crippen LogP contribution in [0.2, 0.25) is 0 Å². The molecule has 1 aliphatic carbocycles. The summed E-state index contributed by atoms with van der Waals surface area (Å²) in [5.41, 5.74) is 5.89.